The van der Waals surface area contributed by atoms with Crippen molar-refractivity contribution in [2.24, 2.45) is 5.92 Å². The summed E-state index contributed by atoms with van der Waals surface area (Å²) in [6.07, 6.45) is 8.19. The summed E-state index contributed by atoms with van der Waals surface area (Å²) in [5.74, 6) is 0.738. The van der Waals surface area contributed by atoms with Crippen LogP contribution in [0.1, 0.15) is 17.2 Å². The van der Waals surface area contributed by atoms with Crippen molar-refractivity contribution in [3.8, 4) is 11.4 Å². The second kappa shape index (κ2) is 9.23. The summed E-state index contributed by atoms with van der Waals surface area (Å²) in [6, 6.07) is 9.34. The fourth-order valence-electron chi connectivity index (χ4n) is 3.51. The van der Waals surface area contributed by atoms with E-state index in [0.29, 0.717) is 30.5 Å². The van der Waals surface area contributed by atoms with E-state index in [1.807, 2.05) is 43.7 Å². The second-order valence-electron chi connectivity index (χ2n) is 6.67. The third-order valence-electron chi connectivity index (χ3n) is 4.80. The standard InChI is InChI=1S/C20H20FN3O.CH2O2/c1-14-2-3-18(21)17(10-14)20-23-8-9-24(20)19-13-25-12-16(19)11-15-4-6-22-7-5-15;2-1-3/h2-10,16,19H,11-13H2,1H3;1H,(H,2,3)/t16-,19+;/m0./s1. The number of halogens is 1. The van der Waals surface area contributed by atoms with Crippen LogP contribution < -0.4 is 0 Å². The van der Waals surface area contributed by atoms with Crippen molar-refractivity contribution < 1.29 is 19.0 Å². The predicted molar refractivity (Wildman–Crippen MR) is 102 cm³/mol. The molecule has 3 aromatic rings. The van der Waals surface area contributed by atoms with Crippen LogP contribution in [0.15, 0.2) is 55.1 Å². The number of aryl methyl sites for hydroxylation is 1. The van der Waals surface area contributed by atoms with E-state index in [4.69, 9.17) is 14.6 Å². The Morgan fingerprint density at radius 1 is 1.25 bits per heavy atom. The van der Waals surface area contributed by atoms with E-state index in [1.54, 1.807) is 12.3 Å². The quantitative estimate of drug-likeness (QED) is 0.698. The van der Waals surface area contributed by atoms with E-state index >= 15 is 0 Å². The van der Waals surface area contributed by atoms with E-state index in [-0.39, 0.29) is 18.3 Å². The molecule has 1 N–H and O–H groups in total. The lowest BCUT2D eigenvalue weighted by Gasteiger charge is -2.21. The smallest absolute Gasteiger partial charge is 0.290 e. The molecule has 28 heavy (non-hydrogen) atoms. The first kappa shape index (κ1) is 19.7. The number of ether oxygens (including phenoxy) is 1. The molecule has 2 aromatic heterocycles. The van der Waals surface area contributed by atoms with Gasteiger partial charge in [-0.1, -0.05) is 11.6 Å². The number of hydrogen-bond acceptors (Lipinski definition) is 4. The molecule has 0 radical (unpaired) electrons. The van der Waals surface area contributed by atoms with Crippen LogP contribution >= 0.6 is 0 Å². The van der Waals surface area contributed by atoms with Crippen LogP contribution in [0.4, 0.5) is 4.39 Å². The summed E-state index contributed by atoms with van der Waals surface area (Å²) >= 11 is 0. The SMILES string of the molecule is Cc1ccc(F)c(-c2nccn2[C@@H]2COC[C@@H]2Cc2ccncc2)c1.O=CO. The van der Waals surface area contributed by atoms with Gasteiger partial charge < -0.3 is 14.4 Å². The van der Waals surface area contributed by atoms with Crippen LogP contribution in [0, 0.1) is 18.7 Å². The number of imidazole rings is 1. The average molecular weight is 383 g/mol. The molecule has 0 bridgehead atoms. The van der Waals surface area contributed by atoms with Crippen molar-refractivity contribution in [1.82, 2.24) is 14.5 Å². The predicted octanol–water partition coefficient (Wildman–Crippen LogP) is 3.52. The van der Waals surface area contributed by atoms with Gasteiger partial charge in [-0.05, 0) is 43.2 Å². The summed E-state index contributed by atoms with van der Waals surface area (Å²) in [5, 5.41) is 6.89. The molecule has 0 amide bonds. The number of hydrogen-bond donors (Lipinski definition) is 1. The van der Waals surface area contributed by atoms with Gasteiger partial charge in [-0.15, -0.1) is 0 Å². The highest BCUT2D eigenvalue weighted by molar-refractivity contribution is 5.58. The molecule has 0 spiro atoms. The van der Waals surface area contributed by atoms with Crippen LogP contribution in [0.3, 0.4) is 0 Å². The van der Waals surface area contributed by atoms with Crippen LogP contribution in [0.25, 0.3) is 11.4 Å². The van der Waals surface area contributed by atoms with E-state index < -0.39 is 0 Å². The molecule has 6 nitrogen and oxygen atoms in total. The van der Waals surface area contributed by atoms with Gasteiger partial charge in [-0.25, -0.2) is 9.37 Å². The summed E-state index contributed by atoms with van der Waals surface area (Å²) < 4.78 is 22.2. The maximum atomic E-state index is 14.4. The molecular formula is C21H22FN3O3. The summed E-state index contributed by atoms with van der Waals surface area (Å²) in [5.41, 5.74) is 2.79. The lowest BCUT2D eigenvalue weighted by Crippen LogP contribution is -2.20. The molecule has 1 aliphatic heterocycles. The average Bonchev–Trinajstić information content (AvgIpc) is 3.34. The Labute approximate surface area is 162 Å². The van der Waals surface area contributed by atoms with E-state index in [2.05, 4.69) is 14.5 Å². The summed E-state index contributed by atoms with van der Waals surface area (Å²) in [6.45, 7) is 3.02. The lowest BCUT2D eigenvalue weighted by molar-refractivity contribution is -0.122. The van der Waals surface area contributed by atoms with Gasteiger partial charge in [0.05, 0.1) is 24.8 Å². The molecule has 4 rings (SSSR count). The second-order valence-corrected chi connectivity index (χ2v) is 6.67. The molecule has 2 atom stereocenters. The number of benzene rings is 1. The zero-order chi connectivity index (χ0) is 19.9. The number of nitrogens with zero attached hydrogens (tertiary/aromatic N) is 3. The van der Waals surface area contributed by atoms with Crippen molar-refractivity contribution in [2.75, 3.05) is 13.2 Å². The number of rotatable bonds is 4. The molecular weight excluding hydrogens is 361 g/mol. The number of carbonyl (C=O) groups is 1. The molecule has 146 valence electrons. The highest BCUT2D eigenvalue weighted by Crippen LogP contribution is 2.33. The Kier molecular flexibility index (Phi) is 6.49. The van der Waals surface area contributed by atoms with Gasteiger partial charge in [0.15, 0.2) is 0 Å². The Balaban J connectivity index is 0.000000706. The monoisotopic (exact) mass is 383 g/mol. The number of aromatic nitrogens is 3. The molecule has 1 aliphatic rings. The first-order chi connectivity index (χ1) is 13.6. The Morgan fingerprint density at radius 2 is 2.00 bits per heavy atom. The van der Waals surface area contributed by atoms with Gasteiger partial charge in [0, 0.05) is 30.7 Å². The van der Waals surface area contributed by atoms with Gasteiger partial charge in [0.25, 0.3) is 6.47 Å². The van der Waals surface area contributed by atoms with E-state index in [9.17, 15) is 4.39 Å². The fraction of sp³-hybridized carbons (Fsp3) is 0.286. The van der Waals surface area contributed by atoms with Crippen LogP contribution in [0.2, 0.25) is 0 Å². The largest absolute Gasteiger partial charge is 0.483 e. The highest BCUT2D eigenvalue weighted by atomic mass is 19.1. The van der Waals surface area contributed by atoms with Crippen LogP contribution in [0.5, 0.6) is 0 Å². The van der Waals surface area contributed by atoms with Gasteiger partial charge in [0.2, 0.25) is 0 Å². The molecule has 1 fully saturated rings. The minimum absolute atomic E-state index is 0.144. The summed E-state index contributed by atoms with van der Waals surface area (Å²) in [7, 11) is 0. The van der Waals surface area contributed by atoms with Crippen molar-refractivity contribution in [1.29, 1.82) is 0 Å². The zero-order valence-corrected chi connectivity index (χ0v) is 15.5. The third-order valence-corrected chi connectivity index (χ3v) is 4.80. The Hall–Kier alpha value is -3.06. The normalized spacial score (nSPS) is 18.4. The minimum atomic E-state index is -0.250. The maximum absolute atomic E-state index is 14.4. The minimum Gasteiger partial charge on any atom is -0.483 e. The van der Waals surface area contributed by atoms with Gasteiger partial charge in [-0.3, -0.25) is 9.78 Å². The number of pyridine rings is 1. The topological polar surface area (TPSA) is 77.2 Å². The van der Waals surface area contributed by atoms with Gasteiger partial charge in [-0.2, -0.15) is 0 Å². The molecule has 7 heteroatoms. The molecule has 1 aromatic carbocycles. The molecule has 3 heterocycles. The van der Waals surface area contributed by atoms with E-state index in [0.717, 1.165) is 12.0 Å². The first-order valence-electron chi connectivity index (χ1n) is 8.98. The van der Waals surface area contributed by atoms with Gasteiger partial charge >= 0.3 is 0 Å². The van der Waals surface area contributed by atoms with Crippen molar-refractivity contribution in [3.63, 3.8) is 0 Å². The van der Waals surface area contributed by atoms with Gasteiger partial charge in [0.1, 0.15) is 11.6 Å². The Bertz CT molecular complexity index is 914. The van der Waals surface area contributed by atoms with Crippen molar-refractivity contribution >= 4 is 6.47 Å². The lowest BCUT2D eigenvalue weighted by atomic mass is 9.95. The third kappa shape index (κ3) is 4.43. The molecule has 0 aliphatic carbocycles. The molecule has 0 saturated carbocycles. The van der Waals surface area contributed by atoms with Crippen molar-refractivity contribution in [3.05, 3.63) is 72.1 Å². The summed E-state index contributed by atoms with van der Waals surface area (Å²) in [4.78, 5) is 16.9. The fourth-order valence-corrected chi connectivity index (χ4v) is 3.51. The molecule has 1 saturated heterocycles. The first-order valence-corrected chi connectivity index (χ1v) is 8.98. The van der Waals surface area contributed by atoms with E-state index in [1.165, 1.54) is 11.6 Å². The van der Waals surface area contributed by atoms with Crippen molar-refractivity contribution in [2.45, 2.75) is 19.4 Å². The maximum Gasteiger partial charge on any atom is 0.290 e. The zero-order valence-electron chi connectivity index (χ0n) is 15.5. The van der Waals surface area contributed by atoms with Crippen LogP contribution in [-0.2, 0) is 16.0 Å². The number of carboxylic acid groups (broad SMARTS) is 1. The van der Waals surface area contributed by atoms with Crippen LogP contribution in [-0.4, -0.2) is 39.3 Å². The molecule has 0 unspecified atom stereocenters. The highest BCUT2D eigenvalue weighted by Gasteiger charge is 2.31. The Morgan fingerprint density at radius 3 is 2.75 bits per heavy atom.